The van der Waals surface area contributed by atoms with Crippen molar-refractivity contribution >= 4 is 0 Å². The molecule has 0 aliphatic heterocycles. The summed E-state index contributed by atoms with van der Waals surface area (Å²) >= 11 is 0. The molecule has 2 nitrogen and oxygen atoms in total. The van der Waals surface area contributed by atoms with Crippen molar-refractivity contribution in [3.63, 3.8) is 0 Å². The second-order valence-corrected chi connectivity index (χ2v) is 3.62. The van der Waals surface area contributed by atoms with Crippen LogP contribution in [-0.4, -0.2) is 43.9 Å². The quantitative estimate of drug-likeness (QED) is 0.559. The first-order chi connectivity index (χ1) is 5.60. The molecule has 0 saturated carbocycles. The molecule has 0 aliphatic rings. The van der Waals surface area contributed by atoms with Crippen molar-refractivity contribution in [2.24, 2.45) is 0 Å². The minimum atomic E-state index is 0.611. The average Bonchev–Trinajstić information content (AvgIpc) is 2.12. The minimum Gasteiger partial charge on any atom is -0.376 e. The normalized spacial score (nSPS) is 14.8. The Morgan fingerprint density at radius 3 is 2.00 bits per heavy atom. The molecule has 1 unspecified atom stereocenters. The van der Waals surface area contributed by atoms with E-state index in [0.29, 0.717) is 6.04 Å². The zero-order valence-corrected chi connectivity index (χ0v) is 9.26. The summed E-state index contributed by atoms with van der Waals surface area (Å²) in [5.41, 5.74) is 0. The smallest absolute Gasteiger partial charge is 0.110 e. The standard InChI is InChI=1S/C10H24NO/c1-6-11(5,7-2)10(4)9-12-8-3/h10H,6-9H2,1-5H3/q+1. The number of nitrogens with zero attached hydrogens (tertiary/aromatic N) is 1. The Hall–Kier alpha value is -0.0800. The lowest BCUT2D eigenvalue weighted by atomic mass is 10.2. The lowest BCUT2D eigenvalue weighted by Crippen LogP contribution is -2.52. The van der Waals surface area contributed by atoms with Gasteiger partial charge in [0.05, 0.1) is 26.7 Å². The van der Waals surface area contributed by atoms with Crippen LogP contribution < -0.4 is 0 Å². The molecule has 0 spiro atoms. The molecule has 0 aromatic rings. The summed E-state index contributed by atoms with van der Waals surface area (Å²) in [6.07, 6.45) is 0. The van der Waals surface area contributed by atoms with E-state index in [1.165, 1.54) is 13.1 Å². The molecule has 0 fully saturated rings. The third kappa shape index (κ3) is 3.11. The van der Waals surface area contributed by atoms with Crippen LogP contribution in [0.25, 0.3) is 0 Å². The number of quaternary nitrogens is 1. The van der Waals surface area contributed by atoms with Crippen LogP contribution in [-0.2, 0) is 4.74 Å². The average molecular weight is 174 g/mol. The van der Waals surface area contributed by atoms with E-state index in [1.54, 1.807) is 0 Å². The first kappa shape index (κ1) is 11.9. The predicted octanol–water partition coefficient (Wildman–Crippen LogP) is 1.90. The fraction of sp³-hybridized carbons (Fsp3) is 1.00. The highest BCUT2D eigenvalue weighted by atomic mass is 16.5. The minimum absolute atomic E-state index is 0.611. The van der Waals surface area contributed by atoms with Gasteiger partial charge in [-0.25, -0.2) is 0 Å². The zero-order chi connectivity index (χ0) is 9.61. The molecule has 0 N–H and O–H groups in total. The van der Waals surface area contributed by atoms with Crippen LogP contribution in [0.15, 0.2) is 0 Å². The van der Waals surface area contributed by atoms with Crippen LogP contribution >= 0.6 is 0 Å². The molecule has 0 aromatic carbocycles. The van der Waals surface area contributed by atoms with Gasteiger partial charge in [-0.3, -0.25) is 0 Å². The van der Waals surface area contributed by atoms with Gasteiger partial charge >= 0.3 is 0 Å². The summed E-state index contributed by atoms with van der Waals surface area (Å²) in [6.45, 7) is 12.9. The van der Waals surface area contributed by atoms with E-state index in [1.807, 2.05) is 0 Å². The van der Waals surface area contributed by atoms with E-state index in [9.17, 15) is 0 Å². The summed E-state index contributed by atoms with van der Waals surface area (Å²) in [5.74, 6) is 0. The summed E-state index contributed by atoms with van der Waals surface area (Å²) in [6, 6.07) is 0.611. The molecule has 0 amide bonds. The Morgan fingerprint density at radius 1 is 1.17 bits per heavy atom. The second-order valence-electron chi connectivity index (χ2n) is 3.62. The van der Waals surface area contributed by atoms with Crippen LogP contribution in [0.1, 0.15) is 27.7 Å². The van der Waals surface area contributed by atoms with Crippen molar-refractivity contribution in [2.45, 2.75) is 33.7 Å². The highest BCUT2D eigenvalue weighted by Crippen LogP contribution is 2.09. The highest BCUT2D eigenvalue weighted by Gasteiger charge is 2.24. The van der Waals surface area contributed by atoms with Gasteiger partial charge in [0.1, 0.15) is 6.04 Å². The molecule has 2 heteroatoms. The van der Waals surface area contributed by atoms with Crippen LogP contribution in [0.5, 0.6) is 0 Å². The Kier molecular flexibility index (Phi) is 5.51. The van der Waals surface area contributed by atoms with Gasteiger partial charge in [-0.1, -0.05) is 0 Å². The third-order valence-electron chi connectivity index (χ3n) is 3.07. The van der Waals surface area contributed by atoms with Crippen molar-refractivity contribution in [3.05, 3.63) is 0 Å². The van der Waals surface area contributed by atoms with Crippen molar-refractivity contribution in [1.82, 2.24) is 0 Å². The Morgan fingerprint density at radius 2 is 1.67 bits per heavy atom. The Labute approximate surface area is 77.1 Å². The van der Waals surface area contributed by atoms with Gasteiger partial charge in [0.15, 0.2) is 0 Å². The largest absolute Gasteiger partial charge is 0.376 e. The summed E-state index contributed by atoms with van der Waals surface area (Å²) < 4.78 is 6.54. The maximum Gasteiger partial charge on any atom is 0.110 e. The first-order valence-corrected chi connectivity index (χ1v) is 5.02. The molecule has 0 radical (unpaired) electrons. The number of hydrogen-bond donors (Lipinski definition) is 0. The van der Waals surface area contributed by atoms with E-state index in [0.717, 1.165) is 17.7 Å². The number of rotatable bonds is 6. The van der Waals surface area contributed by atoms with Crippen LogP contribution in [0.3, 0.4) is 0 Å². The molecule has 12 heavy (non-hydrogen) atoms. The lowest BCUT2D eigenvalue weighted by Gasteiger charge is -2.38. The Bertz CT molecular complexity index is 110. The fourth-order valence-corrected chi connectivity index (χ4v) is 1.32. The predicted molar refractivity (Wildman–Crippen MR) is 53.2 cm³/mol. The van der Waals surface area contributed by atoms with Crippen molar-refractivity contribution in [1.29, 1.82) is 0 Å². The molecule has 74 valence electrons. The van der Waals surface area contributed by atoms with Crippen LogP contribution in [0, 0.1) is 0 Å². The Balaban J connectivity index is 3.93. The number of ether oxygens (including phenoxy) is 1. The number of likely N-dealkylation sites (N-methyl/N-ethyl adjacent to an activating group) is 1. The summed E-state index contributed by atoms with van der Waals surface area (Å²) in [4.78, 5) is 0. The van der Waals surface area contributed by atoms with Gasteiger partial charge in [0.2, 0.25) is 0 Å². The topological polar surface area (TPSA) is 9.23 Å². The van der Waals surface area contributed by atoms with Crippen molar-refractivity contribution < 1.29 is 9.22 Å². The molecule has 0 rings (SSSR count). The molecule has 1 atom stereocenters. The zero-order valence-electron chi connectivity index (χ0n) is 9.26. The van der Waals surface area contributed by atoms with Gasteiger partial charge in [0.25, 0.3) is 0 Å². The monoisotopic (exact) mass is 174 g/mol. The van der Waals surface area contributed by atoms with E-state index < -0.39 is 0 Å². The molecule has 0 aromatic heterocycles. The van der Waals surface area contributed by atoms with E-state index >= 15 is 0 Å². The highest BCUT2D eigenvalue weighted by molar-refractivity contribution is 4.49. The number of hydrogen-bond acceptors (Lipinski definition) is 1. The van der Waals surface area contributed by atoms with Crippen molar-refractivity contribution in [2.75, 3.05) is 33.4 Å². The fourth-order valence-electron chi connectivity index (χ4n) is 1.32. The summed E-state index contributed by atoms with van der Waals surface area (Å²) in [7, 11) is 2.30. The third-order valence-corrected chi connectivity index (χ3v) is 3.07. The molecular formula is C10H24NO+. The first-order valence-electron chi connectivity index (χ1n) is 5.02. The maximum atomic E-state index is 5.43. The van der Waals surface area contributed by atoms with E-state index in [2.05, 4.69) is 34.7 Å². The van der Waals surface area contributed by atoms with Gasteiger partial charge in [-0.15, -0.1) is 0 Å². The maximum absolute atomic E-state index is 5.43. The molecule has 0 bridgehead atoms. The van der Waals surface area contributed by atoms with Gasteiger partial charge in [-0.2, -0.15) is 0 Å². The van der Waals surface area contributed by atoms with Crippen LogP contribution in [0.4, 0.5) is 0 Å². The van der Waals surface area contributed by atoms with Crippen LogP contribution in [0.2, 0.25) is 0 Å². The van der Waals surface area contributed by atoms with Crippen molar-refractivity contribution in [3.8, 4) is 0 Å². The SMILES string of the molecule is CCOCC(C)[N+](C)(CC)CC. The summed E-state index contributed by atoms with van der Waals surface area (Å²) in [5, 5.41) is 0. The molecule has 0 saturated heterocycles. The lowest BCUT2D eigenvalue weighted by molar-refractivity contribution is -0.928. The molecule has 0 aliphatic carbocycles. The van der Waals surface area contributed by atoms with E-state index in [-0.39, 0.29) is 0 Å². The van der Waals surface area contributed by atoms with E-state index in [4.69, 9.17) is 4.74 Å². The molecular weight excluding hydrogens is 150 g/mol. The second kappa shape index (κ2) is 5.55. The molecule has 0 heterocycles. The van der Waals surface area contributed by atoms with Gasteiger partial charge in [0, 0.05) is 6.61 Å². The van der Waals surface area contributed by atoms with Gasteiger partial charge < -0.3 is 9.22 Å². The van der Waals surface area contributed by atoms with Gasteiger partial charge in [-0.05, 0) is 27.7 Å².